The molecular weight excluding hydrogens is 120 g/mol. The molecule has 1 aliphatic heterocycles. The molecule has 2 unspecified atom stereocenters. The van der Waals surface area contributed by atoms with Crippen molar-refractivity contribution in [3.05, 3.63) is 12.7 Å². The van der Waals surface area contributed by atoms with E-state index in [9.17, 15) is 0 Å². The molecule has 0 aliphatic carbocycles. The predicted octanol–water partition coefficient (Wildman–Crippen LogP) is 0.254. The molecule has 1 heterocycles. The number of aliphatic hydroxyl groups excluding tert-OH is 1. The normalized spacial score (nSPS) is 43.1. The van der Waals surface area contributed by atoms with Crippen molar-refractivity contribution in [3.63, 3.8) is 0 Å². The van der Waals surface area contributed by atoms with Crippen LogP contribution >= 0.6 is 0 Å². The van der Waals surface area contributed by atoms with Gasteiger partial charge in [-0.25, -0.2) is 0 Å². The summed E-state index contributed by atoms with van der Waals surface area (Å²) >= 11 is 0. The highest BCUT2D eigenvalue weighted by Crippen LogP contribution is 2.22. The molecule has 0 amide bonds. The molecule has 3 nitrogen and oxygen atoms in total. The van der Waals surface area contributed by atoms with Crippen LogP contribution in [0.15, 0.2) is 12.7 Å². The molecule has 1 rings (SSSR count). The van der Waals surface area contributed by atoms with Gasteiger partial charge in [-0.2, -0.15) is 0 Å². The van der Waals surface area contributed by atoms with Gasteiger partial charge >= 0.3 is 0 Å². The fourth-order valence-electron chi connectivity index (χ4n) is 0.682. The summed E-state index contributed by atoms with van der Waals surface area (Å²) in [6.45, 7) is 5.42. The first-order valence-corrected chi connectivity index (χ1v) is 2.80. The van der Waals surface area contributed by atoms with Gasteiger partial charge in [-0.1, -0.05) is 6.58 Å². The highest BCUT2D eigenvalue weighted by atomic mass is 16.8. The summed E-state index contributed by atoms with van der Waals surface area (Å²) in [5.41, 5.74) is 0. The zero-order chi connectivity index (χ0) is 6.91. The molecule has 0 spiro atoms. The third kappa shape index (κ3) is 1.30. The smallest absolute Gasteiger partial charge is 0.188 e. The lowest BCUT2D eigenvalue weighted by Crippen LogP contribution is -2.22. The van der Waals surface area contributed by atoms with E-state index in [0.29, 0.717) is 0 Å². The van der Waals surface area contributed by atoms with Gasteiger partial charge in [0.1, 0.15) is 6.61 Å². The molecule has 0 aromatic carbocycles. The Kier molecular flexibility index (Phi) is 1.57. The molecule has 1 saturated heterocycles. The van der Waals surface area contributed by atoms with Gasteiger partial charge in [0.05, 0.1) is 0 Å². The molecule has 9 heavy (non-hydrogen) atoms. The Balaban J connectivity index is 2.54. The molecule has 0 radical (unpaired) electrons. The quantitative estimate of drug-likeness (QED) is 0.517. The Hall–Kier alpha value is -0.380. The minimum atomic E-state index is -0.798. The highest BCUT2D eigenvalue weighted by molar-refractivity contribution is 4.88. The molecule has 0 saturated carbocycles. The van der Waals surface area contributed by atoms with E-state index < -0.39 is 12.1 Å². The number of hydrogen-bond acceptors (Lipinski definition) is 3. The van der Waals surface area contributed by atoms with Crippen LogP contribution in [-0.4, -0.2) is 23.8 Å². The van der Waals surface area contributed by atoms with E-state index in [2.05, 4.69) is 6.58 Å². The predicted molar refractivity (Wildman–Crippen MR) is 31.6 cm³/mol. The molecule has 3 heteroatoms. The summed E-state index contributed by atoms with van der Waals surface area (Å²) in [5.74, 6) is -0.778. The van der Waals surface area contributed by atoms with Crippen LogP contribution in [-0.2, 0) is 9.47 Å². The molecule has 0 aromatic rings. The summed E-state index contributed by atoms with van der Waals surface area (Å²) < 4.78 is 9.92. The maximum Gasteiger partial charge on any atom is 0.188 e. The van der Waals surface area contributed by atoms with Crippen molar-refractivity contribution in [1.82, 2.24) is 0 Å². The van der Waals surface area contributed by atoms with Crippen LogP contribution in [0.4, 0.5) is 0 Å². The first-order valence-electron chi connectivity index (χ1n) is 2.80. The van der Waals surface area contributed by atoms with Gasteiger partial charge in [-0.15, -0.1) is 0 Å². The number of hydrogen-bond donors (Lipinski definition) is 1. The fourth-order valence-corrected chi connectivity index (χ4v) is 0.682. The number of rotatable bonds is 1. The minimum absolute atomic E-state index is 0.225. The van der Waals surface area contributed by atoms with Crippen molar-refractivity contribution >= 4 is 0 Å². The Morgan fingerprint density at radius 1 is 1.89 bits per heavy atom. The first-order chi connectivity index (χ1) is 4.16. The summed E-state index contributed by atoms with van der Waals surface area (Å²) in [6, 6.07) is 0. The van der Waals surface area contributed by atoms with E-state index in [1.165, 1.54) is 6.08 Å². The Labute approximate surface area is 53.9 Å². The van der Waals surface area contributed by atoms with E-state index in [1.807, 2.05) is 0 Å². The van der Waals surface area contributed by atoms with Gasteiger partial charge in [-0.3, -0.25) is 0 Å². The van der Waals surface area contributed by atoms with Crippen LogP contribution < -0.4 is 0 Å². The minimum Gasteiger partial charge on any atom is -0.366 e. The van der Waals surface area contributed by atoms with Gasteiger partial charge in [0.2, 0.25) is 0 Å². The largest absolute Gasteiger partial charge is 0.366 e. The van der Waals surface area contributed by atoms with Crippen molar-refractivity contribution in [2.24, 2.45) is 0 Å². The summed E-state index contributed by atoms with van der Waals surface area (Å²) in [5, 5.41) is 8.80. The van der Waals surface area contributed by atoms with Crippen LogP contribution in [0.25, 0.3) is 0 Å². The molecule has 0 bridgehead atoms. The van der Waals surface area contributed by atoms with Crippen LogP contribution in [0, 0.1) is 0 Å². The summed E-state index contributed by atoms with van der Waals surface area (Å²) in [6.07, 6.45) is 0.719. The van der Waals surface area contributed by atoms with Gasteiger partial charge < -0.3 is 14.6 Å². The van der Waals surface area contributed by atoms with Gasteiger partial charge in [0.15, 0.2) is 12.1 Å². The molecule has 52 valence electrons. The van der Waals surface area contributed by atoms with E-state index in [1.54, 1.807) is 6.92 Å². The second kappa shape index (κ2) is 2.10. The third-order valence-corrected chi connectivity index (χ3v) is 1.25. The SMILES string of the molecule is C=CC1(C)OCC(O)O1. The third-order valence-electron chi connectivity index (χ3n) is 1.25. The van der Waals surface area contributed by atoms with Crippen LogP contribution in [0.2, 0.25) is 0 Å². The summed E-state index contributed by atoms with van der Waals surface area (Å²) in [4.78, 5) is 0. The standard InChI is InChI=1S/C6H10O3/c1-3-6(2)8-4-5(7)9-6/h3,5,7H,1,4H2,2H3. The maximum atomic E-state index is 8.80. The first kappa shape index (κ1) is 6.74. The Bertz CT molecular complexity index is 123. The van der Waals surface area contributed by atoms with Crippen molar-refractivity contribution < 1.29 is 14.6 Å². The van der Waals surface area contributed by atoms with Crippen molar-refractivity contribution in [3.8, 4) is 0 Å². The van der Waals surface area contributed by atoms with Crippen LogP contribution in [0.5, 0.6) is 0 Å². The van der Waals surface area contributed by atoms with E-state index >= 15 is 0 Å². The number of ether oxygens (including phenoxy) is 2. The Morgan fingerprint density at radius 3 is 2.78 bits per heavy atom. The molecule has 1 N–H and O–H groups in total. The summed E-state index contributed by atoms with van der Waals surface area (Å²) in [7, 11) is 0. The van der Waals surface area contributed by atoms with E-state index in [0.717, 1.165) is 0 Å². The van der Waals surface area contributed by atoms with Gasteiger partial charge in [0.25, 0.3) is 0 Å². The molecule has 0 aromatic heterocycles. The lowest BCUT2D eigenvalue weighted by atomic mass is 10.3. The molecule has 1 aliphatic rings. The topological polar surface area (TPSA) is 38.7 Å². The zero-order valence-electron chi connectivity index (χ0n) is 5.33. The van der Waals surface area contributed by atoms with Gasteiger partial charge in [-0.05, 0) is 13.0 Å². The van der Waals surface area contributed by atoms with E-state index in [4.69, 9.17) is 14.6 Å². The average molecular weight is 130 g/mol. The fraction of sp³-hybridized carbons (Fsp3) is 0.667. The van der Waals surface area contributed by atoms with Crippen molar-refractivity contribution in [2.45, 2.75) is 19.0 Å². The Morgan fingerprint density at radius 2 is 2.56 bits per heavy atom. The highest BCUT2D eigenvalue weighted by Gasteiger charge is 2.32. The van der Waals surface area contributed by atoms with Crippen LogP contribution in [0.1, 0.15) is 6.92 Å². The molecule has 1 fully saturated rings. The maximum absolute atomic E-state index is 8.80. The van der Waals surface area contributed by atoms with Gasteiger partial charge in [0, 0.05) is 0 Å². The van der Waals surface area contributed by atoms with Crippen LogP contribution in [0.3, 0.4) is 0 Å². The number of aliphatic hydroxyl groups is 1. The lowest BCUT2D eigenvalue weighted by Gasteiger charge is -2.15. The second-order valence-electron chi connectivity index (χ2n) is 2.10. The second-order valence-corrected chi connectivity index (χ2v) is 2.10. The van der Waals surface area contributed by atoms with Crippen molar-refractivity contribution in [1.29, 1.82) is 0 Å². The van der Waals surface area contributed by atoms with Crippen molar-refractivity contribution in [2.75, 3.05) is 6.61 Å². The lowest BCUT2D eigenvalue weighted by molar-refractivity contribution is -0.154. The average Bonchev–Trinajstić information content (AvgIpc) is 2.13. The molecule has 2 atom stereocenters. The molecular formula is C6H10O3. The monoisotopic (exact) mass is 130 g/mol. The van der Waals surface area contributed by atoms with E-state index in [-0.39, 0.29) is 6.61 Å². The zero-order valence-corrected chi connectivity index (χ0v) is 5.33.